The number of amides is 1. The van der Waals surface area contributed by atoms with Crippen molar-refractivity contribution in [3.8, 4) is 5.75 Å². The third-order valence-electron chi connectivity index (χ3n) is 3.30. The predicted molar refractivity (Wildman–Crippen MR) is 80.3 cm³/mol. The maximum absolute atomic E-state index is 12.7. The number of ether oxygens (including phenoxy) is 2. The molecular formula is C16H23NO4. The van der Waals surface area contributed by atoms with Crippen LogP contribution in [0, 0.1) is 5.92 Å². The van der Waals surface area contributed by atoms with Crippen molar-refractivity contribution in [1.29, 1.82) is 0 Å². The molecule has 0 saturated carbocycles. The van der Waals surface area contributed by atoms with Gasteiger partial charge in [0.05, 0.1) is 25.7 Å². The van der Waals surface area contributed by atoms with E-state index in [0.29, 0.717) is 17.9 Å². The van der Waals surface area contributed by atoms with Crippen LogP contribution in [0.3, 0.4) is 0 Å². The summed E-state index contributed by atoms with van der Waals surface area (Å²) in [4.78, 5) is 25.9. The number of esters is 1. The zero-order chi connectivity index (χ0) is 16.0. The van der Waals surface area contributed by atoms with Crippen molar-refractivity contribution in [2.45, 2.75) is 26.8 Å². The third-order valence-corrected chi connectivity index (χ3v) is 3.30. The van der Waals surface area contributed by atoms with Gasteiger partial charge in [0.2, 0.25) is 0 Å². The summed E-state index contributed by atoms with van der Waals surface area (Å²) >= 11 is 0. The maximum Gasteiger partial charge on any atom is 0.310 e. The van der Waals surface area contributed by atoms with Gasteiger partial charge in [0.15, 0.2) is 0 Å². The largest absolute Gasteiger partial charge is 0.496 e. The van der Waals surface area contributed by atoms with Crippen molar-refractivity contribution in [3.63, 3.8) is 0 Å². The van der Waals surface area contributed by atoms with E-state index in [4.69, 9.17) is 9.47 Å². The number of carbonyl (C=O) groups is 2. The first-order valence-corrected chi connectivity index (χ1v) is 6.94. The molecule has 116 valence electrons. The molecule has 1 aromatic carbocycles. The summed E-state index contributed by atoms with van der Waals surface area (Å²) in [7, 11) is 2.88. The highest BCUT2D eigenvalue weighted by atomic mass is 16.5. The van der Waals surface area contributed by atoms with Gasteiger partial charge < -0.3 is 14.4 Å². The number of rotatable bonds is 6. The van der Waals surface area contributed by atoms with Crippen LogP contribution in [-0.2, 0) is 9.53 Å². The van der Waals surface area contributed by atoms with Crippen LogP contribution in [0.5, 0.6) is 5.75 Å². The van der Waals surface area contributed by atoms with Crippen LogP contribution >= 0.6 is 0 Å². The van der Waals surface area contributed by atoms with Crippen LogP contribution in [0.25, 0.3) is 0 Å². The smallest absolute Gasteiger partial charge is 0.310 e. The highest BCUT2D eigenvalue weighted by Gasteiger charge is 2.26. The average molecular weight is 293 g/mol. The molecule has 0 aliphatic carbocycles. The zero-order valence-corrected chi connectivity index (χ0v) is 13.3. The molecule has 5 heteroatoms. The van der Waals surface area contributed by atoms with E-state index in [1.165, 1.54) is 14.2 Å². The van der Waals surface area contributed by atoms with E-state index in [1.54, 1.807) is 30.0 Å². The summed E-state index contributed by atoms with van der Waals surface area (Å²) in [6.45, 7) is 5.88. The van der Waals surface area contributed by atoms with Gasteiger partial charge in [-0.1, -0.05) is 19.1 Å². The van der Waals surface area contributed by atoms with Crippen LogP contribution in [0.4, 0.5) is 0 Å². The van der Waals surface area contributed by atoms with E-state index in [0.717, 1.165) is 0 Å². The minimum atomic E-state index is -0.379. The van der Waals surface area contributed by atoms with E-state index < -0.39 is 0 Å². The van der Waals surface area contributed by atoms with E-state index in [1.807, 2.05) is 19.9 Å². The molecule has 1 aromatic rings. The summed E-state index contributed by atoms with van der Waals surface area (Å²) < 4.78 is 9.95. The van der Waals surface area contributed by atoms with Crippen molar-refractivity contribution in [2.24, 2.45) is 5.92 Å². The van der Waals surface area contributed by atoms with E-state index in [2.05, 4.69) is 0 Å². The Bertz CT molecular complexity index is 499. The highest BCUT2D eigenvalue weighted by Crippen LogP contribution is 2.21. The molecule has 1 amide bonds. The van der Waals surface area contributed by atoms with Gasteiger partial charge in [-0.25, -0.2) is 0 Å². The Kier molecular flexibility index (Phi) is 6.21. The predicted octanol–water partition coefficient (Wildman–Crippen LogP) is 2.35. The normalized spacial score (nSPS) is 11.9. The molecule has 21 heavy (non-hydrogen) atoms. The SMILES string of the molecule is COC(=O)C(C)CN(C(=O)c1ccccc1OC)C(C)C. The second-order valence-corrected chi connectivity index (χ2v) is 5.18. The number of methoxy groups -OCH3 is 2. The molecule has 0 aromatic heterocycles. The molecule has 5 nitrogen and oxygen atoms in total. The van der Waals surface area contributed by atoms with Gasteiger partial charge in [-0.05, 0) is 26.0 Å². The van der Waals surface area contributed by atoms with Gasteiger partial charge >= 0.3 is 5.97 Å². The molecule has 0 aliphatic rings. The monoisotopic (exact) mass is 293 g/mol. The van der Waals surface area contributed by atoms with E-state index in [-0.39, 0.29) is 23.8 Å². The fourth-order valence-corrected chi connectivity index (χ4v) is 2.08. The molecular weight excluding hydrogens is 270 g/mol. The lowest BCUT2D eigenvalue weighted by Crippen LogP contribution is -2.41. The molecule has 0 N–H and O–H groups in total. The number of benzene rings is 1. The Labute approximate surface area is 125 Å². The molecule has 1 atom stereocenters. The van der Waals surface area contributed by atoms with Crippen molar-refractivity contribution in [3.05, 3.63) is 29.8 Å². The first-order valence-electron chi connectivity index (χ1n) is 6.94. The van der Waals surface area contributed by atoms with E-state index in [9.17, 15) is 9.59 Å². The Morgan fingerprint density at radius 3 is 2.29 bits per heavy atom. The van der Waals surface area contributed by atoms with E-state index >= 15 is 0 Å². The molecule has 0 spiro atoms. The maximum atomic E-state index is 12.7. The molecule has 0 saturated heterocycles. The summed E-state index contributed by atoms with van der Waals surface area (Å²) in [5.41, 5.74) is 0.491. The molecule has 0 bridgehead atoms. The van der Waals surface area contributed by atoms with Gasteiger partial charge in [0, 0.05) is 12.6 Å². The minimum Gasteiger partial charge on any atom is -0.496 e. The van der Waals surface area contributed by atoms with Crippen molar-refractivity contribution in [1.82, 2.24) is 4.90 Å². The number of carbonyl (C=O) groups excluding carboxylic acids is 2. The number of hydrogen-bond donors (Lipinski definition) is 0. The quantitative estimate of drug-likeness (QED) is 0.756. The van der Waals surface area contributed by atoms with Gasteiger partial charge in [-0.2, -0.15) is 0 Å². The fourth-order valence-electron chi connectivity index (χ4n) is 2.08. The summed E-state index contributed by atoms with van der Waals surface area (Å²) in [5, 5.41) is 0. The van der Waals surface area contributed by atoms with Crippen molar-refractivity contribution < 1.29 is 19.1 Å². The Balaban J connectivity index is 3.00. The molecule has 1 unspecified atom stereocenters. The van der Waals surface area contributed by atoms with Crippen molar-refractivity contribution in [2.75, 3.05) is 20.8 Å². The lowest BCUT2D eigenvalue weighted by molar-refractivity contribution is -0.145. The third kappa shape index (κ3) is 4.21. The number of para-hydroxylation sites is 1. The first-order chi connectivity index (χ1) is 9.92. The summed E-state index contributed by atoms with van der Waals surface area (Å²) in [6, 6.07) is 7.04. The van der Waals surface area contributed by atoms with Crippen LogP contribution in [0.2, 0.25) is 0 Å². The van der Waals surface area contributed by atoms with Crippen LogP contribution in [0.15, 0.2) is 24.3 Å². The zero-order valence-electron chi connectivity index (χ0n) is 13.3. The number of hydrogen-bond acceptors (Lipinski definition) is 4. The highest BCUT2D eigenvalue weighted by molar-refractivity contribution is 5.97. The van der Waals surface area contributed by atoms with Gasteiger partial charge in [-0.3, -0.25) is 9.59 Å². The minimum absolute atomic E-state index is 0.0329. The molecule has 0 radical (unpaired) electrons. The lowest BCUT2D eigenvalue weighted by Gasteiger charge is -2.29. The average Bonchev–Trinajstić information content (AvgIpc) is 2.50. The Morgan fingerprint density at radius 2 is 1.76 bits per heavy atom. The Hall–Kier alpha value is -2.04. The summed E-state index contributed by atoms with van der Waals surface area (Å²) in [5.74, 6) is -0.332. The topological polar surface area (TPSA) is 55.8 Å². The fraction of sp³-hybridized carbons (Fsp3) is 0.500. The van der Waals surface area contributed by atoms with Crippen LogP contribution in [-0.4, -0.2) is 43.6 Å². The van der Waals surface area contributed by atoms with Gasteiger partial charge in [0.1, 0.15) is 5.75 Å². The summed E-state index contributed by atoms with van der Waals surface area (Å²) in [6.07, 6.45) is 0. The van der Waals surface area contributed by atoms with Gasteiger partial charge in [-0.15, -0.1) is 0 Å². The second-order valence-electron chi connectivity index (χ2n) is 5.18. The molecule has 0 aliphatic heterocycles. The standard InChI is InChI=1S/C16H23NO4/c1-11(2)17(10-12(3)16(19)21-5)15(18)13-8-6-7-9-14(13)20-4/h6-9,11-12H,10H2,1-5H3. The molecule has 0 fully saturated rings. The van der Waals surface area contributed by atoms with Crippen molar-refractivity contribution >= 4 is 11.9 Å². The number of nitrogens with zero attached hydrogens (tertiary/aromatic N) is 1. The molecule has 1 rings (SSSR count). The lowest BCUT2D eigenvalue weighted by atomic mass is 10.1. The Morgan fingerprint density at radius 1 is 1.14 bits per heavy atom. The molecule has 0 heterocycles. The second kappa shape index (κ2) is 7.67. The van der Waals surface area contributed by atoms with Crippen LogP contribution in [0.1, 0.15) is 31.1 Å². The first kappa shape index (κ1) is 17.0. The van der Waals surface area contributed by atoms with Gasteiger partial charge in [0.25, 0.3) is 5.91 Å². The van der Waals surface area contributed by atoms with Crippen LogP contribution < -0.4 is 4.74 Å².